The first-order valence-electron chi connectivity index (χ1n) is 6.83. The Kier molecular flexibility index (Phi) is 3.62. The van der Waals surface area contributed by atoms with Crippen molar-refractivity contribution < 1.29 is 4.74 Å². The minimum absolute atomic E-state index is 0.0844. The number of aryl methyl sites for hydroxylation is 1. The maximum atomic E-state index is 5.83. The van der Waals surface area contributed by atoms with Gasteiger partial charge in [0.05, 0.1) is 30.5 Å². The van der Waals surface area contributed by atoms with Crippen LogP contribution in [0.2, 0.25) is 0 Å². The fourth-order valence-electron chi connectivity index (χ4n) is 2.54. The zero-order chi connectivity index (χ0) is 13.1. The highest BCUT2D eigenvalue weighted by molar-refractivity contribution is 5.42. The van der Waals surface area contributed by atoms with Crippen molar-refractivity contribution >= 4 is 0 Å². The van der Waals surface area contributed by atoms with Gasteiger partial charge in [-0.05, 0) is 18.1 Å². The van der Waals surface area contributed by atoms with Crippen LogP contribution in [0.1, 0.15) is 24.3 Å². The van der Waals surface area contributed by atoms with Crippen LogP contribution in [-0.4, -0.2) is 29.2 Å². The van der Waals surface area contributed by atoms with Gasteiger partial charge in [0.15, 0.2) is 0 Å². The Bertz CT molecular complexity index is 544. The average Bonchev–Trinajstić information content (AvgIpc) is 2.97. The molecule has 100 valence electrons. The Morgan fingerprint density at radius 2 is 2.32 bits per heavy atom. The Morgan fingerprint density at radius 3 is 3.11 bits per heavy atom. The molecule has 0 saturated carbocycles. The molecule has 1 unspecified atom stereocenters. The molecule has 0 radical (unpaired) electrons. The molecule has 2 heterocycles. The van der Waals surface area contributed by atoms with Crippen molar-refractivity contribution in [1.29, 1.82) is 0 Å². The van der Waals surface area contributed by atoms with Crippen LogP contribution >= 0.6 is 0 Å². The van der Waals surface area contributed by atoms with Gasteiger partial charge < -0.3 is 14.6 Å². The molecule has 1 aromatic heterocycles. The standard InChI is InChI=1S/C15H19N3O/c1-2-12-5-3-4-6-13(12)18-11-17-9-14(18)15-10-16-7-8-19-15/h3-6,9,11,15-16H,2,7-8,10H2,1H3. The number of hydrogen-bond acceptors (Lipinski definition) is 3. The molecule has 4 nitrogen and oxygen atoms in total. The van der Waals surface area contributed by atoms with E-state index in [1.165, 1.54) is 11.3 Å². The van der Waals surface area contributed by atoms with E-state index in [0.29, 0.717) is 0 Å². The smallest absolute Gasteiger partial charge is 0.112 e. The number of nitrogens with one attached hydrogen (secondary N) is 1. The van der Waals surface area contributed by atoms with Crippen molar-refractivity contribution in [3.05, 3.63) is 48.0 Å². The second kappa shape index (κ2) is 5.55. The maximum Gasteiger partial charge on any atom is 0.112 e. The van der Waals surface area contributed by atoms with Crippen LogP contribution in [0, 0.1) is 0 Å². The number of morpholine rings is 1. The Hall–Kier alpha value is -1.65. The lowest BCUT2D eigenvalue weighted by molar-refractivity contribution is 0.0240. The first-order chi connectivity index (χ1) is 9.40. The van der Waals surface area contributed by atoms with Gasteiger partial charge in [0.25, 0.3) is 0 Å². The highest BCUT2D eigenvalue weighted by Crippen LogP contribution is 2.24. The van der Waals surface area contributed by atoms with E-state index >= 15 is 0 Å². The quantitative estimate of drug-likeness (QED) is 0.915. The molecule has 2 aromatic rings. The zero-order valence-electron chi connectivity index (χ0n) is 11.2. The topological polar surface area (TPSA) is 39.1 Å². The first kappa shape index (κ1) is 12.4. The Morgan fingerprint density at radius 1 is 1.42 bits per heavy atom. The van der Waals surface area contributed by atoms with E-state index < -0.39 is 0 Å². The van der Waals surface area contributed by atoms with Gasteiger partial charge in [-0.15, -0.1) is 0 Å². The molecule has 1 aliphatic rings. The van der Waals surface area contributed by atoms with Gasteiger partial charge >= 0.3 is 0 Å². The Labute approximate surface area is 113 Å². The normalized spacial score (nSPS) is 19.5. The number of benzene rings is 1. The second-order valence-electron chi connectivity index (χ2n) is 4.73. The number of hydrogen-bond donors (Lipinski definition) is 1. The van der Waals surface area contributed by atoms with Crippen LogP contribution in [0.5, 0.6) is 0 Å². The van der Waals surface area contributed by atoms with E-state index in [4.69, 9.17) is 4.74 Å². The molecule has 1 saturated heterocycles. The van der Waals surface area contributed by atoms with Crippen LogP contribution in [-0.2, 0) is 11.2 Å². The van der Waals surface area contributed by atoms with Crippen molar-refractivity contribution in [1.82, 2.24) is 14.9 Å². The molecule has 0 amide bonds. The second-order valence-corrected chi connectivity index (χ2v) is 4.73. The van der Waals surface area contributed by atoms with Gasteiger partial charge in [-0.1, -0.05) is 25.1 Å². The summed E-state index contributed by atoms with van der Waals surface area (Å²) in [6.07, 6.45) is 4.88. The van der Waals surface area contributed by atoms with E-state index in [1.54, 1.807) is 0 Å². The molecule has 4 heteroatoms. The summed E-state index contributed by atoms with van der Waals surface area (Å²) in [5.41, 5.74) is 3.64. The van der Waals surface area contributed by atoms with Crippen molar-refractivity contribution in [3.63, 3.8) is 0 Å². The van der Waals surface area contributed by atoms with Gasteiger partial charge in [-0.25, -0.2) is 4.98 Å². The molecule has 0 bridgehead atoms. The molecule has 1 atom stereocenters. The number of aromatic nitrogens is 2. The van der Waals surface area contributed by atoms with Crippen molar-refractivity contribution in [2.75, 3.05) is 19.7 Å². The molecule has 1 N–H and O–H groups in total. The third-order valence-corrected chi connectivity index (χ3v) is 3.56. The van der Waals surface area contributed by atoms with Crippen molar-refractivity contribution in [2.45, 2.75) is 19.4 Å². The largest absolute Gasteiger partial charge is 0.369 e. The fraction of sp³-hybridized carbons (Fsp3) is 0.400. The van der Waals surface area contributed by atoms with E-state index in [9.17, 15) is 0 Å². The van der Waals surface area contributed by atoms with Crippen molar-refractivity contribution in [3.8, 4) is 5.69 Å². The molecule has 1 fully saturated rings. The summed E-state index contributed by atoms with van der Waals surface area (Å²) in [5, 5.41) is 3.36. The van der Waals surface area contributed by atoms with Crippen LogP contribution in [0.4, 0.5) is 0 Å². The molecule has 0 spiro atoms. The van der Waals surface area contributed by atoms with Gasteiger partial charge in [-0.3, -0.25) is 0 Å². The summed E-state index contributed by atoms with van der Waals surface area (Å²) in [6, 6.07) is 8.45. The predicted octanol–water partition coefficient (Wildman–Crippen LogP) is 2.10. The molecule has 1 aliphatic heterocycles. The lowest BCUT2D eigenvalue weighted by atomic mass is 10.1. The molecular formula is C15H19N3O. The fourth-order valence-corrected chi connectivity index (χ4v) is 2.54. The number of rotatable bonds is 3. The third kappa shape index (κ3) is 2.41. The third-order valence-electron chi connectivity index (χ3n) is 3.56. The monoisotopic (exact) mass is 257 g/mol. The van der Waals surface area contributed by atoms with Gasteiger partial charge in [0.1, 0.15) is 6.10 Å². The highest BCUT2D eigenvalue weighted by Gasteiger charge is 2.20. The minimum Gasteiger partial charge on any atom is -0.369 e. The summed E-state index contributed by atoms with van der Waals surface area (Å²) in [6.45, 7) is 4.70. The van der Waals surface area contributed by atoms with Gasteiger partial charge in [0, 0.05) is 13.1 Å². The van der Waals surface area contributed by atoms with E-state index in [2.05, 4.69) is 46.1 Å². The van der Waals surface area contributed by atoms with Gasteiger partial charge in [0.2, 0.25) is 0 Å². The number of ether oxygens (including phenoxy) is 1. The zero-order valence-corrected chi connectivity index (χ0v) is 11.2. The summed E-state index contributed by atoms with van der Waals surface area (Å²) in [5.74, 6) is 0. The van der Waals surface area contributed by atoms with Crippen LogP contribution in [0.3, 0.4) is 0 Å². The number of nitrogens with zero attached hydrogens (tertiary/aromatic N) is 2. The summed E-state index contributed by atoms with van der Waals surface area (Å²) < 4.78 is 7.98. The number of imidazole rings is 1. The van der Waals surface area contributed by atoms with Crippen LogP contribution < -0.4 is 5.32 Å². The van der Waals surface area contributed by atoms with Crippen LogP contribution in [0.15, 0.2) is 36.8 Å². The average molecular weight is 257 g/mol. The lowest BCUT2D eigenvalue weighted by Crippen LogP contribution is -2.34. The minimum atomic E-state index is 0.0844. The van der Waals surface area contributed by atoms with E-state index in [1.807, 2.05) is 12.5 Å². The molecule has 1 aromatic carbocycles. The predicted molar refractivity (Wildman–Crippen MR) is 74.5 cm³/mol. The van der Waals surface area contributed by atoms with Gasteiger partial charge in [-0.2, -0.15) is 0 Å². The molecule has 0 aliphatic carbocycles. The summed E-state index contributed by atoms with van der Waals surface area (Å²) in [7, 11) is 0. The van der Waals surface area contributed by atoms with Crippen molar-refractivity contribution in [2.24, 2.45) is 0 Å². The molecule has 3 rings (SSSR count). The first-order valence-corrected chi connectivity index (χ1v) is 6.83. The van der Waals surface area contributed by atoms with Crippen LogP contribution in [0.25, 0.3) is 5.69 Å². The maximum absolute atomic E-state index is 5.83. The summed E-state index contributed by atoms with van der Waals surface area (Å²) >= 11 is 0. The lowest BCUT2D eigenvalue weighted by Gasteiger charge is -2.25. The van der Waals surface area contributed by atoms with E-state index in [-0.39, 0.29) is 6.10 Å². The SMILES string of the molecule is CCc1ccccc1-n1cncc1C1CNCCO1. The molecule has 19 heavy (non-hydrogen) atoms. The number of para-hydroxylation sites is 1. The molecular weight excluding hydrogens is 238 g/mol. The summed E-state index contributed by atoms with van der Waals surface area (Å²) in [4.78, 5) is 4.30. The Balaban J connectivity index is 1.99. The highest BCUT2D eigenvalue weighted by atomic mass is 16.5. The van der Waals surface area contributed by atoms with E-state index in [0.717, 1.165) is 31.8 Å².